The van der Waals surface area contributed by atoms with E-state index in [0.717, 1.165) is 25.9 Å². The molecule has 2 rings (SSSR count). The van der Waals surface area contributed by atoms with Crippen LogP contribution in [0.3, 0.4) is 0 Å². The van der Waals surface area contributed by atoms with Crippen LogP contribution in [0.5, 0.6) is 0 Å². The van der Waals surface area contributed by atoms with E-state index in [0.29, 0.717) is 12.8 Å². The van der Waals surface area contributed by atoms with Gasteiger partial charge in [0.15, 0.2) is 0 Å². The van der Waals surface area contributed by atoms with Crippen molar-refractivity contribution in [1.82, 2.24) is 4.90 Å². The molecule has 1 aliphatic carbocycles. The van der Waals surface area contributed by atoms with Crippen LogP contribution < -0.4 is 0 Å². The van der Waals surface area contributed by atoms with Crippen LogP contribution in [0, 0.1) is 0 Å². The van der Waals surface area contributed by atoms with Crippen LogP contribution in [-0.2, 0) is 4.74 Å². The number of halogens is 2. The third-order valence-corrected chi connectivity index (χ3v) is 3.62. The number of likely N-dealkylation sites (tertiary alicyclic amines) is 1. The summed E-state index contributed by atoms with van der Waals surface area (Å²) in [6.45, 7) is 7.41. The Hall–Kier alpha value is -0.910. The molecule has 6 heteroatoms. The van der Waals surface area contributed by atoms with Crippen LogP contribution >= 0.6 is 0 Å². The van der Waals surface area contributed by atoms with E-state index in [9.17, 15) is 13.6 Å². The highest BCUT2D eigenvalue weighted by molar-refractivity contribution is 5.68. The summed E-state index contributed by atoms with van der Waals surface area (Å²) in [6, 6.07) is 0. The minimum absolute atomic E-state index is 0.0515. The Labute approximate surface area is 131 Å². The molecule has 0 aromatic rings. The van der Waals surface area contributed by atoms with Crippen molar-refractivity contribution in [3.8, 4) is 0 Å². The Morgan fingerprint density at radius 1 is 1.18 bits per heavy atom. The molecule has 2 aliphatic rings. The molecule has 0 aromatic heterocycles. The fraction of sp³-hybridized carbons (Fsp3) is 0.938. The molecule has 0 bridgehead atoms. The molecule has 1 saturated carbocycles. The molecule has 0 aromatic carbocycles. The molecule has 1 unspecified atom stereocenters. The number of carbonyl (C=O) groups is 1. The van der Waals surface area contributed by atoms with Crippen LogP contribution in [0.25, 0.3) is 0 Å². The van der Waals surface area contributed by atoms with Crippen LogP contribution in [0.15, 0.2) is 0 Å². The molecule has 130 valence electrons. The van der Waals surface area contributed by atoms with Crippen molar-refractivity contribution in [1.29, 1.82) is 0 Å². The lowest BCUT2D eigenvalue weighted by molar-refractivity contribution is -0.0757. The first-order chi connectivity index (χ1) is 10.1. The lowest BCUT2D eigenvalue weighted by atomic mass is 9.94. The summed E-state index contributed by atoms with van der Waals surface area (Å²) in [4.78, 5) is 13.3. The third-order valence-electron chi connectivity index (χ3n) is 3.62. The Kier molecular flexibility index (Phi) is 7.03. The van der Waals surface area contributed by atoms with Crippen LogP contribution in [0.4, 0.5) is 13.6 Å². The normalized spacial score (nSPS) is 25.0. The van der Waals surface area contributed by atoms with E-state index >= 15 is 0 Å². The Morgan fingerprint density at radius 3 is 2.18 bits per heavy atom. The Balaban J connectivity index is 0.000000235. The van der Waals surface area contributed by atoms with Crippen molar-refractivity contribution in [2.24, 2.45) is 0 Å². The van der Waals surface area contributed by atoms with Gasteiger partial charge in [-0.2, -0.15) is 0 Å². The number of aliphatic hydroxyl groups excluding tert-OH is 1. The van der Waals surface area contributed by atoms with Gasteiger partial charge in [-0.25, -0.2) is 13.6 Å². The summed E-state index contributed by atoms with van der Waals surface area (Å²) in [5.41, 5.74) is -0.367. The quantitative estimate of drug-likeness (QED) is 0.734. The summed E-state index contributed by atoms with van der Waals surface area (Å²) in [5.74, 6) is -2.60. The van der Waals surface area contributed by atoms with Gasteiger partial charge in [0.25, 0.3) is 5.92 Å². The largest absolute Gasteiger partial charge is 0.444 e. The van der Waals surface area contributed by atoms with Gasteiger partial charge in [0.1, 0.15) is 5.60 Å². The van der Waals surface area contributed by atoms with Crippen molar-refractivity contribution in [3.05, 3.63) is 0 Å². The predicted molar refractivity (Wildman–Crippen MR) is 81.1 cm³/mol. The molecule has 4 nitrogen and oxygen atoms in total. The van der Waals surface area contributed by atoms with E-state index in [-0.39, 0.29) is 24.5 Å². The van der Waals surface area contributed by atoms with Crippen molar-refractivity contribution in [2.75, 3.05) is 13.1 Å². The van der Waals surface area contributed by atoms with Gasteiger partial charge in [-0.05, 0) is 52.9 Å². The average Bonchev–Trinajstić information content (AvgIpc) is 2.37. The summed E-state index contributed by atoms with van der Waals surface area (Å²) < 4.78 is 29.9. The smallest absolute Gasteiger partial charge is 0.410 e. The number of nitrogens with zero attached hydrogens (tertiary/aromatic N) is 1. The second-order valence-corrected chi connectivity index (χ2v) is 7.13. The maximum absolute atomic E-state index is 12.3. The fourth-order valence-electron chi connectivity index (χ4n) is 2.55. The maximum Gasteiger partial charge on any atom is 0.410 e. The lowest BCUT2D eigenvalue weighted by Crippen LogP contribution is -2.39. The second-order valence-electron chi connectivity index (χ2n) is 7.13. The average molecular weight is 321 g/mol. The van der Waals surface area contributed by atoms with Gasteiger partial charge < -0.3 is 14.7 Å². The van der Waals surface area contributed by atoms with Gasteiger partial charge in [-0.15, -0.1) is 0 Å². The standard InChI is InChI=1S/C10H19NO2.C6H10F2O/c1-10(2,3)13-9(12)11-7-5-4-6-8-11;7-6(8)3-1-2-5(9)4-6/h4-8H2,1-3H3;5,9H,1-4H2. The number of ether oxygens (including phenoxy) is 1. The number of aliphatic hydroxyl groups is 1. The van der Waals surface area contributed by atoms with Crippen LogP contribution in [-0.4, -0.2) is 46.8 Å². The highest BCUT2D eigenvalue weighted by Gasteiger charge is 2.35. The number of amides is 1. The van der Waals surface area contributed by atoms with Gasteiger partial charge in [-0.3, -0.25) is 0 Å². The van der Waals surface area contributed by atoms with E-state index in [1.807, 2.05) is 20.8 Å². The molecular weight excluding hydrogens is 292 g/mol. The molecule has 1 N–H and O–H groups in total. The SMILES string of the molecule is CC(C)(C)OC(=O)N1CCCCC1.OC1CCCC(F)(F)C1. The highest BCUT2D eigenvalue weighted by Crippen LogP contribution is 2.32. The van der Waals surface area contributed by atoms with Crippen molar-refractivity contribution >= 4 is 6.09 Å². The van der Waals surface area contributed by atoms with E-state index in [2.05, 4.69) is 0 Å². The second kappa shape index (κ2) is 8.09. The topological polar surface area (TPSA) is 49.8 Å². The van der Waals surface area contributed by atoms with Crippen molar-refractivity contribution in [3.63, 3.8) is 0 Å². The number of hydrogen-bond donors (Lipinski definition) is 1. The van der Waals surface area contributed by atoms with Crippen molar-refractivity contribution < 1.29 is 23.4 Å². The zero-order valence-corrected chi connectivity index (χ0v) is 13.9. The fourth-order valence-corrected chi connectivity index (χ4v) is 2.55. The Bertz CT molecular complexity index is 350. The third kappa shape index (κ3) is 7.92. The maximum atomic E-state index is 12.3. The Morgan fingerprint density at radius 2 is 1.77 bits per heavy atom. The van der Waals surface area contributed by atoms with Gasteiger partial charge in [-0.1, -0.05) is 0 Å². The van der Waals surface area contributed by atoms with E-state index in [4.69, 9.17) is 9.84 Å². The molecule has 1 atom stereocenters. The highest BCUT2D eigenvalue weighted by atomic mass is 19.3. The molecule has 1 heterocycles. The van der Waals surface area contributed by atoms with Crippen LogP contribution in [0.1, 0.15) is 65.7 Å². The zero-order chi connectivity index (χ0) is 16.8. The molecule has 0 radical (unpaired) electrons. The molecule has 1 aliphatic heterocycles. The molecule has 1 amide bonds. The summed E-state index contributed by atoms with van der Waals surface area (Å²) >= 11 is 0. The minimum atomic E-state index is -2.60. The van der Waals surface area contributed by atoms with E-state index in [1.165, 1.54) is 6.42 Å². The lowest BCUT2D eigenvalue weighted by Gasteiger charge is -2.29. The van der Waals surface area contributed by atoms with Crippen molar-refractivity contribution in [2.45, 2.75) is 83.3 Å². The zero-order valence-electron chi connectivity index (χ0n) is 13.9. The van der Waals surface area contributed by atoms with Gasteiger partial charge >= 0.3 is 6.09 Å². The van der Waals surface area contributed by atoms with Gasteiger partial charge in [0.2, 0.25) is 0 Å². The first-order valence-electron chi connectivity index (χ1n) is 8.13. The monoisotopic (exact) mass is 321 g/mol. The van der Waals surface area contributed by atoms with Gasteiger partial charge in [0.05, 0.1) is 6.10 Å². The van der Waals surface area contributed by atoms with Crippen LogP contribution in [0.2, 0.25) is 0 Å². The predicted octanol–water partition coefficient (Wildman–Crippen LogP) is 3.96. The number of hydrogen-bond acceptors (Lipinski definition) is 3. The number of carbonyl (C=O) groups excluding carboxylic acids is 1. The van der Waals surface area contributed by atoms with Gasteiger partial charge in [0, 0.05) is 25.9 Å². The molecule has 0 spiro atoms. The van der Waals surface area contributed by atoms with E-state index < -0.39 is 12.0 Å². The number of piperidine rings is 1. The number of rotatable bonds is 0. The number of alkyl halides is 2. The molecule has 1 saturated heterocycles. The summed E-state index contributed by atoms with van der Waals surface area (Å²) in [6.07, 6.45) is 3.12. The molecule has 2 fully saturated rings. The first kappa shape index (κ1) is 19.1. The van der Waals surface area contributed by atoms with E-state index in [1.54, 1.807) is 4.90 Å². The minimum Gasteiger partial charge on any atom is -0.444 e. The first-order valence-corrected chi connectivity index (χ1v) is 8.13. The molecular formula is C16H29F2NO3. The summed E-state index contributed by atoms with van der Waals surface area (Å²) in [7, 11) is 0. The summed E-state index contributed by atoms with van der Waals surface area (Å²) in [5, 5.41) is 8.76. The molecule has 22 heavy (non-hydrogen) atoms.